The molecule has 1 amide bonds. The Labute approximate surface area is 190 Å². The van der Waals surface area contributed by atoms with Crippen molar-refractivity contribution in [2.75, 3.05) is 33.9 Å². The molecule has 0 saturated carbocycles. The van der Waals surface area contributed by atoms with Gasteiger partial charge in [-0.25, -0.2) is 5.06 Å². The normalized spacial score (nSPS) is 25.3. The fraction of sp³-hybridized carbons (Fsp3) is 0.600. The highest BCUT2D eigenvalue weighted by Crippen LogP contribution is 2.45. The van der Waals surface area contributed by atoms with Crippen LogP contribution in [0.4, 0.5) is 0 Å². The van der Waals surface area contributed by atoms with E-state index in [0.29, 0.717) is 18.8 Å². The number of amides is 1. The standard InChI is InChI=1S/C25H34N2O5/c1-30-21-10-6-9-20(15-21)18-32-27-23(28)16-22(24(29)31-2)25(27)11-13-26(14-12-25)17-19-7-4-3-5-8-19/h3-4,6,9-10,15,19,22H,5,7-8,11-14,16-18H2,1-2H3/t19-,22+/m0/s1. The maximum atomic E-state index is 13.0. The molecule has 1 spiro atoms. The topological polar surface area (TPSA) is 68.3 Å². The Morgan fingerprint density at radius 3 is 2.69 bits per heavy atom. The van der Waals surface area contributed by atoms with Gasteiger partial charge in [0, 0.05) is 26.1 Å². The van der Waals surface area contributed by atoms with E-state index in [1.54, 1.807) is 7.11 Å². The van der Waals surface area contributed by atoms with Crippen LogP contribution in [0.5, 0.6) is 5.75 Å². The zero-order valence-electron chi connectivity index (χ0n) is 19.1. The van der Waals surface area contributed by atoms with Gasteiger partial charge in [0.2, 0.25) is 5.91 Å². The summed E-state index contributed by atoms with van der Waals surface area (Å²) in [4.78, 5) is 34.2. The molecule has 2 atom stereocenters. The molecular weight excluding hydrogens is 408 g/mol. The fourth-order valence-corrected chi connectivity index (χ4v) is 5.45. The SMILES string of the molecule is COC(=O)[C@H]1CC(=O)N(OCc2cccc(OC)c2)C12CCN(C[C@H]1CC=CCC1)CC2. The van der Waals surface area contributed by atoms with E-state index >= 15 is 0 Å². The number of benzene rings is 1. The van der Waals surface area contributed by atoms with Gasteiger partial charge in [0.1, 0.15) is 12.4 Å². The summed E-state index contributed by atoms with van der Waals surface area (Å²) in [6.45, 7) is 3.01. The third kappa shape index (κ3) is 4.69. The number of nitrogens with zero attached hydrogens (tertiary/aromatic N) is 2. The number of methoxy groups -OCH3 is 2. The fourth-order valence-electron chi connectivity index (χ4n) is 5.45. The summed E-state index contributed by atoms with van der Waals surface area (Å²) < 4.78 is 10.4. The van der Waals surface area contributed by atoms with Crippen LogP contribution in [0.1, 0.15) is 44.1 Å². The number of rotatable bonds is 7. The quantitative estimate of drug-likeness (QED) is 0.477. The van der Waals surface area contributed by atoms with Crippen molar-refractivity contribution in [3.63, 3.8) is 0 Å². The van der Waals surface area contributed by atoms with Crippen LogP contribution in [0, 0.1) is 11.8 Å². The van der Waals surface area contributed by atoms with Gasteiger partial charge in [-0.05, 0) is 55.7 Å². The van der Waals surface area contributed by atoms with Gasteiger partial charge in [-0.15, -0.1) is 0 Å². The number of carbonyl (C=O) groups excluding carboxylic acids is 2. The average molecular weight is 443 g/mol. The van der Waals surface area contributed by atoms with Gasteiger partial charge >= 0.3 is 5.97 Å². The molecule has 7 heteroatoms. The average Bonchev–Trinajstić information content (AvgIpc) is 3.10. The Morgan fingerprint density at radius 2 is 2.00 bits per heavy atom. The Balaban J connectivity index is 1.47. The van der Waals surface area contributed by atoms with Crippen LogP contribution in [0.25, 0.3) is 0 Å². The molecule has 1 aromatic carbocycles. The zero-order chi connectivity index (χ0) is 22.6. The Morgan fingerprint density at radius 1 is 1.19 bits per heavy atom. The zero-order valence-corrected chi connectivity index (χ0v) is 19.1. The molecule has 2 saturated heterocycles. The van der Waals surface area contributed by atoms with Crippen molar-refractivity contribution in [3.05, 3.63) is 42.0 Å². The monoisotopic (exact) mass is 442 g/mol. The predicted octanol–water partition coefficient (Wildman–Crippen LogP) is 3.34. The number of hydrogen-bond acceptors (Lipinski definition) is 6. The first-order valence-electron chi connectivity index (χ1n) is 11.6. The molecule has 32 heavy (non-hydrogen) atoms. The molecule has 2 aliphatic heterocycles. The molecule has 1 aromatic rings. The largest absolute Gasteiger partial charge is 0.497 e. The lowest BCUT2D eigenvalue weighted by Gasteiger charge is -2.46. The van der Waals surface area contributed by atoms with Crippen molar-refractivity contribution in [1.82, 2.24) is 9.96 Å². The van der Waals surface area contributed by atoms with Crippen molar-refractivity contribution < 1.29 is 23.9 Å². The van der Waals surface area contributed by atoms with E-state index in [1.807, 2.05) is 24.3 Å². The van der Waals surface area contributed by atoms with E-state index in [1.165, 1.54) is 18.6 Å². The first kappa shape index (κ1) is 22.8. The molecular formula is C25H34N2O5. The third-order valence-corrected chi connectivity index (χ3v) is 7.25. The summed E-state index contributed by atoms with van der Waals surface area (Å²) in [5.74, 6) is 0.471. The van der Waals surface area contributed by atoms with E-state index in [2.05, 4.69) is 17.1 Å². The lowest BCUT2D eigenvalue weighted by Crippen LogP contribution is -2.57. The number of likely N-dealkylation sites (tertiary alicyclic amines) is 1. The summed E-state index contributed by atoms with van der Waals surface area (Å²) in [7, 11) is 3.02. The summed E-state index contributed by atoms with van der Waals surface area (Å²) in [6.07, 6.45) is 9.64. The molecule has 7 nitrogen and oxygen atoms in total. The molecule has 2 heterocycles. The molecule has 0 radical (unpaired) electrons. The van der Waals surface area contributed by atoms with E-state index in [-0.39, 0.29) is 24.9 Å². The molecule has 174 valence electrons. The highest BCUT2D eigenvalue weighted by Gasteiger charge is 2.58. The number of allylic oxidation sites excluding steroid dienone is 2. The lowest BCUT2D eigenvalue weighted by molar-refractivity contribution is -0.229. The van der Waals surface area contributed by atoms with Crippen molar-refractivity contribution >= 4 is 11.9 Å². The summed E-state index contributed by atoms with van der Waals surface area (Å²) in [5.41, 5.74) is 0.267. The van der Waals surface area contributed by atoms with Crippen LogP contribution in [-0.4, -0.2) is 61.2 Å². The van der Waals surface area contributed by atoms with Crippen LogP contribution in [0.2, 0.25) is 0 Å². The van der Waals surface area contributed by atoms with Gasteiger partial charge in [-0.3, -0.25) is 14.4 Å². The van der Waals surface area contributed by atoms with Gasteiger partial charge in [0.25, 0.3) is 0 Å². The Hall–Kier alpha value is -2.38. The van der Waals surface area contributed by atoms with E-state index in [0.717, 1.165) is 43.8 Å². The van der Waals surface area contributed by atoms with E-state index in [9.17, 15) is 9.59 Å². The Kier molecular flexibility index (Phi) is 7.16. The van der Waals surface area contributed by atoms with Crippen molar-refractivity contribution in [3.8, 4) is 5.75 Å². The number of carbonyl (C=O) groups is 2. The smallest absolute Gasteiger partial charge is 0.311 e. The summed E-state index contributed by atoms with van der Waals surface area (Å²) in [5, 5.41) is 1.51. The van der Waals surface area contributed by atoms with Crippen LogP contribution >= 0.6 is 0 Å². The molecule has 3 aliphatic rings. The van der Waals surface area contributed by atoms with Crippen LogP contribution in [-0.2, 0) is 25.8 Å². The number of piperidine rings is 1. The van der Waals surface area contributed by atoms with Crippen LogP contribution < -0.4 is 4.74 Å². The highest BCUT2D eigenvalue weighted by atomic mass is 16.7. The highest BCUT2D eigenvalue weighted by molar-refractivity contribution is 5.88. The van der Waals surface area contributed by atoms with Gasteiger partial charge < -0.3 is 14.4 Å². The van der Waals surface area contributed by atoms with E-state index < -0.39 is 11.5 Å². The molecule has 4 rings (SSSR count). The summed E-state index contributed by atoms with van der Waals surface area (Å²) in [6, 6.07) is 7.60. The molecule has 0 unspecified atom stereocenters. The molecule has 1 aliphatic carbocycles. The number of ether oxygens (including phenoxy) is 2. The van der Waals surface area contributed by atoms with Gasteiger partial charge in [0.05, 0.1) is 25.7 Å². The third-order valence-electron chi connectivity index (χ3n) is 7.25. The van der Waals surface area contributed by atoms with Gasteiger partial charge in [0.15, 0.2) is 0 Å². The first-order chi connectivity index (χ1) is 15.6. The molecule has 0 bridgehead atoms. The van der Waals surface area contributed by atoms with Gasteiger partial charge in [-0.2, -0.15) is 0 Å². The lowest BCUT2D eigenvalue weighted by atomic mass is 9.77. The number of esters is 1. The van der Waals surface area contributed by atoms with Crippen molar-refractivity contribution in [2.45, 2.75) is 50.7 Å². The minimum atomic E-state index is -0.647. The maximum absolute atomic E-state index is 13.0. The minimum Gasteiger partial charge on any atom is -0.497 e. The maximum Gasteiger partial charge on any atom is 0.311 e. The second-order valence-corrected chi connectivity index (χ2v) is 9.15. The summed E-state index contributed by atoms with van der Waals surface area (Å²) >= 11 is 0. The molecule has 2 fully saturated rings. The second kappa shape index (κ2) is 10.0. The van der Waals surface area contributed by atoms with Crippen LogP contribution in [0.3, 0.4) is 0 Å². The van der Waals surface area contributed by atoms with Crippen LogP contribution in [0.15, 0.2) is 36.4 Å². The molecule has 0 N–H and O–H groups in total. The minimum absolute atomic E-state index is 0.137. The molecule has 0 aromatic heterocycles. The van der Waals surface area contributed by atoms with E-state index in [4.69, 9.17) is 14.3 Å². The number of hydroxylamine groups is 2. The van der Waals surface area contributed by atoms with Gasteiger partial charge in [-0.1, -0.05) is 24.3 Å². The van der Waals surface area contributed by atoms with Crippen molar-refractivity contribution in [2.24, 2.45) is 11.8 Å². The first-order valence-corrected chi connectivity index (χ1v) is 11.6. The second-order valence-electron chi connectivity index (χ2n) is 9.15. The number of hydrogen-bond donors (Lipinski definition) is 0. The van der Waals surface area contributed by atoms with Crippen molar-refractivity contribution in [1.29, 1.82) is 0 Å². The predicted molar refractivity (Wildman–Crippen MR) is 120 cm³/mol. The Bertz CT molecular complexity index is 846.